The van der Waals surface area contributed by atoms with Crippen LogP contribution in [-0.4, -0.2) is 42.6 Å². The van der Waals surface area contributed by atoms with Crippen LogP contribution in [0.15, 0.2) is 0 Å². The Balaban J connectivity index is 0.000000226. The van der Waals surface area contributed by atoms with Gasteiger partial charge in [0.25, 0.3) is 0 Å². The van der Waals surface area contributed by atoms with E-state index in [1.165, 1.54) is 0 Å². The Bertz CT molecular complexity index is 117. The molecule has 1 aliphatic heterocycles. The molecule has 4 nitrogen and oxygen atoms in total. The fraction of sp³-hybridized carbons (Fsp3) is 1.00. The van der Waals surface area contributed by atoms with Crippen LogP contribution < -0.4 is 11.1 Å². The first-order chi connectivity index (χ1) is 6.11. The maximum absolute atomic E-state index is 5.56. The number of nitrogens with one attached hydrogen (secondary N) is 1. The average Bonchev–Trinajstić information content (AvgIpc) is 2.00. The summed E-state index contributed by atoms with van der Waals surface area (Å²) in [5.74, 6) is 0.750. The molecule has 0 spiro atoms. The number of rotatable bonds is 3. The molecule has 1 fully saturated rings. The summed E-state index contributed by atoms with van der Waals surface area (Å²) in [4.78, 5) is 0. The van der Waals surface area contributed by atoms with Crippen LogP contribution in [0.3, 0.4) is 0 Å². The monoisotopic (exact) mass is 206 g/mol. The molecule has 1 heterocycles. The predicted molar refractivity (Wildman–Crippen MR) is 57.0 cm³/mol. The summed E-state index contributed by atoms with van der Waals surface area (Å²) in [6.07, 6.45) is 0. The lowest BCUT2D eigenvalue weighted by molar-refractivity contribution is 0.285. The third-order valence-corrected chi connectivity index (χ3v) is 3.55. The molecule has 0 bridgehead atoms. The normalized spacial score (nSPS) is 18.9. The van der Waals surface area contributed by atoms with Gasteiger partial charge in [0.2, 0.25) is 0 Å². The Kier molecular flexibility index (Phi) is 7.49. The summed E-state index contributed by atoms with van der Waals surface area (Å²) in [6, 6.07) is 0.390. The molecule has 0 saturated carbocycles. The lowest BCUT2D eigenvalue weighted by Crippen LogP contribution is -2.50. The van der Waals surface area contributed by atoms with Gasteiger partial charge >= 0.3 is 9.28 Å². The zero-order valence-corrected chi connectivity index (χ0v) is 10.2. The second-order valence-corrected chi connectivity index (χ2v) is 5.39. The smallest absolute Gasteiger partial charge is 0.317 e. The molecule has 1 unspecified atom stereocenters. The van der Waals surface area contributed by atoms with Gasteiger partial charge in [-0.3, -0.25) is 0 Å². The third kappa shape index (κ3) is 6.17. The SMILES string of the molecule is CC(N)C1CNC1.CO[SiH](C)OC. The summed E-state index contributed by atoms with van der Waals surface area (Å²) in [7, 11) is 2.17. The van der Waals surface area contributed by atoms with Crippen LogP contribution >= 0.6 is 0 Å². The molecule has 1 rings (SSSR count). The maximum Gasteiger partial charge on any atom is 0.317 e. The Morgan fingerprint density at radius 1 is 1.38 bits per heavy atom. The van der Waals surface area contributed by atoms with Crippen LogP contribution in [0, 0.1) is 5.92 Å². The molecule has 0 aromatic heterocycles. The highest BCUT2D eigenvalue weighted by Gasteiger charge is 2.19. The van der Waals surface area contributed by atoms with Crippen molar-refractivity contribution in [3.8, 4) is 0 Å². The lowest BCUT2D eigenvalue weighted by Gasteiger charge is -2.30. The third-order valence-electron chi connectivity index (χ3n) is 2.22. The van der Waals surface area contributed by atoms with Gasteiger partial charge in [0, 0.05) is 33.4 Å². The molecular weight excluding hydrogens is 184 g/mol. The maximum atomic E-state index is 5.56. The standard InChI is InChI=1S/C5H12N2.C3H10O2Si/c1-4(6)5-2-7-3-5;1-4-6(3)5-2/h4-5,7H,2-3,6H2,1H3;6H,1-3H3. The van der Waals surface area contributed by atoms with Crippen molar-refractivity contribution < 1.29 is 8.85 Å². The van der Waals surface area contributed by atoms with Crippen molar-refractivity contribution in [3.63, 3.8) is 0 Å². The van der Waals surface area contributed by atoms with Gasteiger partial charge in [-0.1, -0.05) is 0 Å². The van der Waals surface area contributed by atoms with E-state index in [2.05, 4.69) is 12.2 Å². The topological polar surface area (TPSA) is 56.5 Å². The number of hydrogen-bond donors (Lipinski definition) is 2. The molecule has 1 atom stereocenters. The fourth-order valence-corrected chi connectivity index (χ4v) is 0.971. The van der Waals surface area contributed by atoms with Gasteiger partial charge in [0.1, 0.15) is 0 Å². The van der Waals surface area contributed by atoms with Gasteiger partial charge < -0.3 is 19.9 Å². The number of nitrogens with two attached hydrogens (primary N) is 1. The van der Waals surface area contributed by atoms with Crippen LogP contribution in [-0.2, 0) is 8.85 Å². The van der Waals surface area contributed by atoms with Crippen molar-refractivity contribution in [2.45, 2.75) is 19.5 Å². The molecule has 0 aliphatic carbocycles. The molecule has 3 N–H and O–H groups in total. The molecule has 80 valence electrons. The molecule has 0 aromatic carbocycles. The summed E-state index contributed by atoms with van der Waals surface area (Å²) < 4.78 is 9.63. The molecule has 5 heteroatoms. The zero-order chi connectivity index (χ0) is 10.3. The van der Waals surface area contributed by atoms with E-state index in [1.807, 2.05) is 6.55 Å². The molecule has 13 heavy (non-hydrogen) atoms. The van der Waals surface area contributed by atoms with Crippen LogP contribution in [0.1, 0.15) is 6.92 Å². The highest BCUT2D eigenvalue weighted by Crippen LogP contribution is 2.04. The summed E-state index contributed by atoms with van der Waals surface area (Å²) in [6.45, 7) is 6.28. The van der Waals surface area contributed by atoms with Crippen LogP contribution in [0.25, 0.3) is 0 Å². The second-order valence-electron chi connectivity index (χ2n) is 3.32. The molecule has 1 aliphatic rings. The Morgan fingerprint density at radius 2 is 1.85 bits per heavy atom. The Morgan fingerprint density at radius 3 is 1.85 bits per heavy atom. The van der Waals surface area contributed by atoms with Crippen LogP contribution in [0.5, 0.6) is 0 Å². The van der Waals surface area contributed by atoms with Crippen molar-refractivity contribution in [1.29, 1.82) is 0 Å². The van der Waals surface area contributed by atoms with Crippen molar-refractivity contribution in [2.75, 3.05) is 27.3 Å². The fourth-order valence-electron chi connectivity index (χ4n) is 0.779. The summed E-state index contributed by atoms with van der Waals surface area (Å²) >= 11 is 0. The van der Waals surface area contributed by atoms with E-state index in [0.717, 1.165) is 19.0 Å². The molecule has 0 amide bonds. The highest BCUT2D eigenvalue weighted by molar-refractivity contribution is 6.42. The average molecular weight is 206 g/mol. The minimum absolute atomic E-state index is 0.390. The van der Waals surface area contributed by atoms with E-state index in [4.69, 9.17) is 14.6 Å². The predicted octanol–water partition coefficient (Wildman–Crippen LogP) is -0.317. The van der Waals surface area contributed by atoms with Crippen molar-refractivity contribution in [2.24, 2.45) is 11.7 Å². The summed E-state index contributed by atoms with van der Waals surface area (Å²) in [5, 5.41) is 3.16. The van der Waals surface area contributed by atoms with Crippen molar-refractivity contribution in [1.82, 2.24) is 5.32 Å². The Hall–Kier alpha value is 0.0569. The minimum atomic E-state index is -1.16. The van der Waals surface area contributed by atoms with E-state index < -0.39 is 9.28 Å². The van der Waals surface area contributed by atoms with Gasteiger partial charge in [-0.15, -0.1) is 0 Å². The van der Waals surface area contributed by atoms with Crippen LogP contribution in [0.2, 0.25) is 6.55 Å². The van der Waals surface area contributed by atoms with E-state index >= 15 is 0 Å². The van der Waals surface area contributed by atoms with E-state index in [0.29, 0.717) is 6.04 Å². The van der Waals surface area contributed by atoms with Crippen LogP contribution in [0.4, 0.5) is 0 Å². The van der Waals surface area contributed by atoms with E-state index in [1.54, 1.807) is 14.2 Å². The lowest BCUT2D eigenvalue weighted by atomic mass is 9.96. The van der Waals surface area contributed by atoms with Crippen molar-refractivity contribution in [3.05, 3.63) is 0 Å². The molecule has 0 aromatic rings. The quantitative estimate of drug-likeness (QED) is 0.622. The Labute approximate surface area is 82.6 Å². The van der Waals surface area contributed by atoms with Gasteiger partial charge in [-0.25, -0.2) is 0 Å². The largest absolute Gasteiger partial charge is 0.400 e. The first kappa shape index (κ1) is 13.1. The van der Waals surface area contributed by atoms with Gasteiger partial charge in [0.15, 0.2) is 0 Å². The molecule has 1 saturated heterocycles. The van der Waals surface area contributed by atoms with Crippen molar-refractivity contribution >= 4 is 9.28 Å². The molecular formula is C8H22N2O2Si. The zero-order valence-electron chi connectivity index (χ0n) is 9.04. The van der Waals surface area contributed by atoms with Gasteiger partial charge in [-0.05, 0) is 19.4 Å². The highest BCUT2D eigenvalue weighted by atomic mass is 28.3. The molecule has 0 radical (unpaired) electrons. The van der Waals surface area contributed by atoms with E-state index in [-0.39, 0.29) is 0 Å². The second kappa shape index (κ2) is 7.46. The van der Waals surface area contributed by atoms with Gasteiger partial charge in [0.05, 0.1) is 0 Å². The van der Waals surface area contributed by atoms with E-state index in [9.17, 15) is 0 Å². The van der Waals surface area contributed by atoms with Gasteiger partial charge in [-0.2, -0.15) is 0 Å². The first-order valence-electron chi connectivity index (χ1n) is 4.63. The number of hydrogen-bond acceptors (Lipinski definition) is 4. The minimum Gasteiger partial charge on any atom is -0.400 e. The summed E-state index contributed by atoms with van der Waals surface area (Å²) in [5.41, 5.74) is 5.56. The first-order valence-corrected chi connectivity index (χ1v) is 6.73.